The van der Waals surface area contributed by atoms with Gasteiger partial charge in [-0.3, -0.25) is 28.5 Å². The number of benzene rings is 5. The highest BCUT2D eigenvalue weighted by atomic mass is 16.5. The first-order chi connectivity index (χ1) is 22.8. The average Bonchev–Trinajstić information content (AvgIpc) is 3.48. The topological polar surface area (TPSA) is 125 Å². The van der Waals surface area contributed by atoms with Crippen LogP contribution >= 0.6 is 0 Å². The first-order valence-corrected chi connectivity index (χ1v) is 14.7. The number of hydrogen-bond acceptors (Lipinski definition) is 8. The van der Waals surface area contributed by atoms with Gasteiger partial charge in [0.15, 0.2) is 11.6 Å². The van der Waals surface area contributed by atoms with E-state index >= 15 is 0 Å². The molecule has 5 aromatic carbocycles. The van der Waals surface area contributed by atoms with Crippen LogP contribution in [-0.4, -0.2) is 47.2 Å². The molecule has 0 atom stereocenters. The Kier molecular flexibility index (Phi) is 6.16. The van der Waals surface area contributed by atoms with Crippen LogP contribution in [0.3, 0.4) is 0 Å². The van der Waals surface area contributed by atoms with Gasteiger partial charge in [0.05, 0.1) is 41.9 Å². The summed E-state index contributed by atoms with van der Waals surface area (Å²) < 4.78 is 12.2. The highest BCUT2D eigenvalue weighted by Crippen LogP contribution is 2.43. The fourth-order valence-electron chi connectivity index (χ4n) is 6.53. The molecule has 10 nitrogen and oxygen atoms in total. The van der Waals surface area contributed by atoms with Crippen LogP contribution in [0, 0.1) is 0 Å². The van der Waals surface area contributed by atoms with Crippen molar-refractivity contribution in [1.82, 2.24) is 9.55 Å². The van der Waals surface area contributed by atoms with Gasteiger partial charge in [0.2, 0.25) is 0 Å². The highest BCUT2D eigenvalue weighted by molar-refractivity contribution is 6.37. The number of imide groups is 1. The zero-order chi connectivity index (χ0) is 32.6. The first-order valence-electron chi connectivity index (χ1n) is 14.7. The lowest BCUT2D eigenvalue weighted by atomic mass is 9.98. The molecule has 47 heavy (non-hydrogen) atoms. The molecule has 0 bridgehead atoms. The molecule has 2 amide bonds. The second-order valence-electron chi connectivity index (χ2n) is 11.2. The van der Waals surface area contributed by atoms with Crippen molar-refractivity contribution in [3.8, 4) is 17.2 Å². The van der Waals surface area contributed by atoms with Gasteiger partial charge in [-0.05, 0) is 71.4 Å². The molecule has 1 aromatic heterocycles. The summed E-state index contributed by atoms with van der Waals surface area (Å²) in [6, 6.07) is 26.7. The minimum absolute atomic E-state index is 0.0180. The number of methoxy groups -OCH3 is 2. The molecule has 0 fully saturated rings. The molecule has 0 N–H and O–H groups in total. The highest BCUT2D eigenvalue weighted by Gasteiger charge is 2.44. The fraction of sp³-hybridized carbons (Fsp3) is 0.0811. The lowest BCUT2D eigenvalue weighted by Crippen LogP contribution is -2.30. The Hall–Kier alpha value is -6.42. The molecule has 0 radical (unpaired) electrons. The largest absolute Gasteiger partial charge is 0.494 e. The summed E-state index contributed by atoms with van der Waals surface area (Å²) in [4.78, 5) is 75.1. The molecule has 0 saturated carbocycles. The third kappa shape index (κ3) is 3.98. The van der Waals surface area contributed by atoms with E-state index < -0.39 is 34.9 Å². The number of rotatable bonds is 5. The quantitative estimate of drug-likeness (QED) is 0.182. The van der Waals surface area contributed by atoms with E-state index in [1.165, 1.54) is 18.8 Å². The Balaban J connectivity index is 1.26. The van der Waals surface area contributed by atoms with E-state index in [-0.39, 0.29) is 45.3 Å². The third-order valence-electron chi connectivity index (χ3n) is 8.73. The second-order valence-corrected chi connectivity index (χ2v) is 11.2. The Labute approximate surface area is 266 Å². The van der Waals surface area contributed by atoms with Gasteiger partial charge in [-0.25, -0.2) is 9.88 Å². The Morgan fingerprint density at radius 2 is 1.15 bits per heavy atom. The number of fused-ring (bicyclic) bond motifs is 4. The number of carbonyl (C=O) groups is 4. The van der Waals surface area contributed by atoms with Crippen molar-refractivity contribution in [2.45, 2.75) is 5.92 Å². The monoisotopic (exact) mass is 621 g/mol. The molecule has 2 aliphatic rings. The molecule has 6 aromatic rings. The van der Waals surface area contributed by atoms with E-state index in [0.29, 0.717) is 27.4 Å². The van der Waals surface area contributed by atoms with Gasteiger partial charge >= 0.3 is 0 Å². The standard InChI is InChI=1S/C37H23N3O7/c1-46-28-13-8-14-29(47-2)31(28)40-36(44)25-17-19-15-23-24(16-20(19)18-26(25)37(40)45)33(42)30(32(23)41)34-38-27-12-7-6-11-22(27)35(43)39(34)21-9-4-3-5-10-21/h3-18,30H,1-2H3. The van der Waals surface area contributed by atoms with E-state index in [0.717, 1.165) is 4.90 Å². The summed E-state index contributed by atoms with van der Waals surface area (Å²) >= 11 is 0. The Bertz CT molecular complexity index is 2350. The van der Waals surface area contributed by atoms with Crippen LogP contribution in [0.25, 0.3) is 27.4 Å². The summed E-state index contributed by atoms with van der Waals surface area (Å²) in [6.45, 7) is 0. The summed E-state index contributed by atoms with van der Waals surface area (Å²) in [5.74, 6) is -2.98. The van der Waals surface area contributed by atoms with Gasteiger partial charge < -0.3 is 9.47 Å². The fourth-order valence-corrected chi connectivity index (χ4v) is 6.53. The number of aromatic nitrogens is 2. The van der Waals surface area contributed by atoms with Crippen molar-refractivity contribution < 1.29 is 28.7 Å². The second kappa shape index (κ2) is 10.3. The summed E-state index contributed by atoms with van der Waals surface area (Å²) in [5.41, 5.74) is 1.18. The number of anilines is 1. The summed E-state index contributed by atoms with van der Waals surface area (Å²) in [7, 11) is 2.86. The van der Waals surface area contributed by atoms with E-state index in [1.54, 1.807) is 97.1 Å². The molecule has 0 saturated heterocycles. The van der Waals surface area contributed by atoms with Gasteiger partial charge in [-0.2, -0.15) is 0 Å². The number of ketones is 2. The maximum absolute atomic E-state index is 14.1. The number of para-hydroxylation sites is 3. The van der Waals surface area contributed by atoms with Crippen LogP contribution in [0.2, 0.25) is 0 Å². The van der Waals surface area contributed by atoms with Crippen LogP contribution in [0.4, 0.5) is 5.69 Å². The van der Waals surface area contributed by atoms with Crippen molar-refractivity contribution in [2.24, 2.45) is 0 Å². The van der Waals surface area contributed by atoms with E-state index in [4.69, 9.17) is 9.47 Å². The van der Waals surface area contributed by atoms with Crippen LogP contribution in [0.1, 0.15) is 53.2 Å². The van der Waals surface area contributed by atoms with Crippen molar-refractivity contribution >= 4 is 50.7 Å². The van der Waals surface area contributed by atoms with Gasteiger partial charge in [-0.15, -0.1) is 0 Å². The average molecular weight is 622 g/mol. The SMILES string of the molecule is COc1cccc(OC)c1N1C(=O)c2cc3cc4c(cc3cc2C1=O)C(=O)C(c1nc2ccccc2c(=O)n1-c1ccccc1)C4=O. The molecule has 2 heterocycles. The minimum Gasteiger partial charge on any atom is -0.494 e. The molecule has 1 aliphatic heterocycles. The molecule has 0 unspecified atom stereocenters. The molecule has 1 aliphatic carbocycles. The Morgan fingerprint density at radius 3 is 1.72 bits per heavy atom. The number of ether oxygens (including phenoxy) is 2. The molecular weight excluding hydrogens is 598 g/mol. The minimum atomic E-state index is -1.37. The van der Waals surface area contributed by atoms with Crippen LogP contribution in [0.15, 0.2) is 102 Å². The first kappa shape index (κ1) is 28.1. The normalized spacial score (nSPS) is 14.3. The van der Waals surface area contributed by atoms with Crippen LogP contribution in [-0.2, 0) is 0 Å². The summed E-state index contributed by atoms with van der Waals surface area (Å²) in [6.07, 6.45) is 0. The molecule has 10 heteroatoms. The zero-order valence-corrected chi connectivity index (χ0v) is 25.0. The predicted molar refractivity (Wildman–Crippen MR) is 173 cm³/mol. The van der Waals surface area contributed by atoms with E-state index in [9.17, 15) is 24.0 Å². The van der Waals surface area contributed by atoms with Crippen LogP contribution < -0.4 is 19.9 Å². The maximum Gasteiger partial charge on any atom is 0.266 e. The van der Waals surface area contributed by atoms with E-state index in [2.05, 4.69) is 4.98 Å². The van der Waals surface area contributed by atoms with E-state index in [1.807, 2.05) is 0 Å². The zero-order valence-electron chi connectivity index (χ0n) is 25.0. The van der Waals surface area contributed by atoms with Gasteiger partial charge in [0.1, 0.15) is 28.9 Å². The third-order valence-corrected chi connectivity index (χ3v) is 8.73. The lowest BCUT2D eigenvalue weighted by Gasteiger charge is -2.20. The van der Waals surface area contributed by atoms with Crippen molar-refractivity contribution in [1.29, 1.82) is 0 Å². The number of carbonyl (C=O) groups excluding carboxylic acids is 4. The number of nitrogens with zero attached hydrogens (tertiary/aromatic N) is 3. The Morgan fingerprint density at radius 1 is 0.617 bits per heavy atom. The molecule has 0 spiro atoms. The van der Waals surface area contributed by atoms with Crippen molar-refractivity contribution in [3.63, 3.8) is 0 Å². The van der Waals surface area contributed by atoms with Crippen LogP contribution in [0.5, 0.6) is 11.5 Å². The number of amides is 2. The maximum atomic E-state index is 14.1. The number of hydrogen-bond donors (Lipinski definition) is 0. The molecular formula is C37H23N3O7. The van der Waals surface area contributed by atoms with Gasteiger partial charge in [0, 0.05) is 11.1 Å². The molecule has 8 rings (SSSR count). The smallest absolute Gasteiger partial charge is 0.266 e. The van der Waals surface area contributed by atoms with Crippen molar-refractivity contribution in [3.05, 3.63) is 135 Å². The summed E-state index contributed by atoms with van der Waals surface area (Å²) in [5, 5.41) is 1.34. The molecule has 228 valence electrons. The predicted octanol–water partition coefficient (Wildman–Crippen LogP) is 5.52. The van der Waals surface area contributed by atoms with Gasteiger partial charge in [-0.1, -0.05) is 36.4 Å². The van der Waals surface area contributed by atoms with Crippen molar-refractivity contribution in [2.75, 3.05) is 19.1 Å². The van der Waals surface area contributed by atoms with Gasteiger partial charge in [0.25, 0.3) is 17.4 Å². The lowest BCUT2D eigenvalue weighted by molar-refractivity contribution is 0.0879. The number of Topliss-reactive ketones (excluding diaryl/α,β-unsaturated/α-hetero) is 2.